The van der Waals surface area contributed by atoms with Gasteiger partial charge in [-0.3, -0.25) is 4.79 Å². The van der Waals surface area contributed by atoms with Gasteiger partial charge in [0.2, 0.25) is 0 Å². The number of amides is 2. The van der Waals surface area contributed by atoms with Crippen molar-refractivity contribution in [1.29, 1.82) is 0 Å². The number of carboxylic acids is 1. The number of urea groups is 1. The Morgan fingerprint density at radius 3 is 3.00 bits per heavy atom. The molecule has 0 saturated carbocycles. The molecule has 9 heteroatoms. The van der Waals surface area contributed by atoms with Crippen molar-refractivity contribution >= 4 is 23.8 Å². The molecule has 1 aromatic rings. The molecule has 0 radical (unpaired) electrons. The number of hydrogen-bond acceptors (Lipinski definition) is 5. The number of rotatable bonds is 4. The topological polar surface area (TPSA) is 100 Å². The average Bonchev–Trinajstić information content (AvgIpc) is 2.85. The molecule has 0 spiro atoms. The van der Waals surface area contributed by atoms with Crippen LogP contribution in [-0.4, -0.2) is 60.9 Å². The highest BCUT2D eigenvalue weighted by atomic mass is 32.2. The fourth-order valence-electron chi connectivity index (χ4n) is 2.31. The van der Waals surface area contributed by atoms with E-state index < -0.39 is 5.97 Å². The number of hydrogen-bond donors (Lipinski definition) is 2. The first-order chi connectivity index (χ1) is 9.99. The Hall–Kier alpha value is -1.77. The third kappa shape index (κ3) is 3.87. The zero-order chi connectivity index (χ0) is 15.4. The van der Waals surface area contributed by atoms with Gasteiger partial charge in [0.05, 0.1) is 18.5 Å². The highest BCUT2D eigenvalue weighted by Gasteiger charge is 2.30. The number of carbonyl (C=O) groups excluding carboxylic acids is 1. The Morgan fingerprint density at radius 2 is 2.38 bits per heavy atom. The Bertz CT molecular complexity index is 521. The monoisotopic (exact) mass is 313 g/mol. The van der Waals surface area contributed by atoms with Crippen LogP contribution in [0.4, 0.5) is 4.79 Å². The minimum atomic E-state index is -0.887. The molecule has 2 amide bonds. The zero-order valence-electron chi connectivity index (χ0n) is 12.0. The number of nitrogens with zero attached hydrogens (tertiary/aromatic N) is 4. The largest absolute Gasteiger partial charge is 0.481 e. The van der Waals surface area contributed by atoms with Crippen LogP contribution in [0.2, 0.25) is 0 Å². The van der Waals surface area contributed by atoms with Gasteiger partial charge in [0, 0.05) is 25.1 Å². The lowest BCUT2D eigenvalue weighted by Gasteiger charge is -2.35. The van der Waals surface area contributed by atoms with Gasteiger partial charge in [0.1, 0.15) is 6.33 Å². The van der Waals surface area contributed by atoms with Crippen molar-refractivity contribution in [3.05, 3.63) is 12.2 Å². The van der Waals surface area contributed by atoms with Crippen molar-refractivity contribution in [2.45, 2.75) is 25.4 Å². The van der Waals surface area contributed by atoms with Crippen LogP contribution in [0.3, 0.4) is 0 Å². The lowest BCUT2D eigenvalue weighted by Crippen LogP contribution is -2.51. The maximum absolute atomic E-state index is 12.4. The Labute approximate surface area is 126 Å². The number of nitrogens with one attached hydrogen (secondary N) is 1. The number of carboxylic acid groups (broad SMARTS) is 1. The minimum absolute atomic E-state index is 0.0290. The molecule has 1 aromatic heterocycles. The molecular weight excluding hydrogens is 294 g/mol. The van der Waals surface area contributed by atoms with Crippen molar-refractivity contribution in [1.82, 2.24) is 25.0 Å². The fourth-order valence-corrected chi connectivity index (χ4v) is 3.37. The predicted octanol–water partition coefficient (Wildman–Crippen LogP) is 0.478. The molecule has 116 valence electrons. The first kappa shape index (κ1) is 15.6. The molecule has 2 atom stereocenters. The second-order valence-corrected chi connectivity index (χ2v) is 6.14. The van der Waals surface area contributed by atoms with Crippen LogP contribution in [0.5, 0.6) is 0 Å². The van der Waals surface area contributed by atoms with E-state index in [9.17, 15) is 9.59 Å². The van der Waals surface area contributed by atoms with Crippen molar-refractivity contribution < 1.29 is 14.7 Å². The number of aryl methyl sites for hydroxylation is 1. The van der Waals surface area contributed by atoms with Gasteiger partial charge in [0.25, 0.3) is 0 Å². The van der Waals surface area contributed by atoms with Crippen LogP contribution in [0.1, 0.15) is 25.2 Å². The molecule has 2 heterocycles. The van der Waals surface area contributed by atoms with Gasteiger partial charge in [-0.25, -0.2) is 4.79 Å². The standard InChI is InChI=1S/C12H19N5O3S/c1-8(11-15-13-7-16(11)2)14-12(20)17-3-4-21-6-9(17)5-10(18)19/h7-9H,3-6H2,1-2H3,(H,14,20)(H,18,19). The van der Waals surface area contributed by atoms with Gasteiger partial charge in [-0.1, -0.05) is 0 Å². The van der Waals surface area contributed by atoms with Crippen LogP contribution < -0.4 is 5.32 Å². The molecule has 0 aromatic carbocycles. The molecule has 21 heavy (non-hydrogen) atoms. The summed E-state index contributed by atoms with van der Waals surface area (Å²) in [6.45, 7) is 2.38. The third-order valence-electron chi connectivity index (χ3n) is 3.37. The van der Waals surface area contributed by atoms with Gasteiger partial charge in [-0.05, 0) is 6.92 Å². The summed E-state index contributed by atoms with van der Waals surface area (Å²) in [7, 11) is 1.81. The van der Waals surface area contributed by atoms with E-state index in [2.05, 4.69) is 15.5 Å². The van der Waals surface area contributed by atoms with Gasteiger partial charge in [0.15, 0.2) is 5.82 Å². The van der Waals surface area contributed by atoms with Crippen LogP contribution in [0.25, 0.3) is 0 Å². The van der Waals surface area contributed by atoms with E-state index in [0.717, 1.165) is 5.75 Å². The molecule has 0 aliphatic carbocycles. The number of carbonyl (C=O) groups is 2. The molecule has 8 nitrogen and oxygen atoms in total. The zero-order valence-corrected chi connectivity index (χ0v) is 12.8. The smallest absolute Gasteiger partial charge is 0.318 e. The molecule has 2 N–H and O–H groups in total. The summed E-state index contributed by atoms with van der Waals surface area (Å²) in [6, 6.07) is -0.810. The van der Waals surface area contributed by atoms with Gasteiger partial charge in [-0.15, -0.1) is 10.2 Å². The van der Waals surface area contributed by atoms with Crippen molar-refractivity contribution in [3.8, 4) is 0 Å². The van der Waals surface area contributed by atoms with E-state index >= 15 is 0 Å². The van der Waals surface area contributed by atoms with E-state index in [-0.39, 0.29) is 24.5 Å². The van der Waals surface area contributed by atoms with Crippen LogP contribution in [0.15, 0.2) is 6.33 Å². The second-order valence-electron chi connectivity index (χ2n) is 4.99. The van der Waals surface area contributed by atoms with Crippen LogP contribution >= 0.6 is 11.8 Å². The summed E-state index contributed by atoms with van der Waals surface area (Å²) in [5.74, 6) is 1.24. The molecule has 2 unspecified atom stereocenters. The quantitative estimate of drug-likeness (QED) is 0.838. The first-order valence-corrected chi connectivity index (χ1v) is 7.85. The minimum Gasteiger partial charge on any atom is -0.481 e. The van der Waals surface area contributed by atoms with Crippen molar-refractivity contribution in [2.75, 3.05) is 18.1 Å². The Morgan fingerprint density at radius 1 is 1.62 bits per heavy atom. The Kier molecular flexibility index (Phi) is 5.05. The number of aliphatic carboxylic acids is 1. The van der Waals surface area contributed by atoms with E-state index in [4.69, 9.17) is 5.11 Å². The molecule has 1 aliphatic heterocycles. The van der Waals surface area contributed by atoms with E-state index in [1.54, 1.807) is 27.6 Å². The number of thioether (sulfide) groups is 1. The molecule has 1 saturated heterocycles. The molecule has 1 fully saturated rings. The second kappa shape index (κ2) is 6.79. The Balaban J connectivity index is 2.00. The fraction of sp³-hybridized carbons (Fsp3) is 0.667. The average molecular weight is 313 g/mol. The highest BCUT2D eigenvalue weighted by Crippen LogP contribution is 2.20. The summed E-state index contributed by atoms with van der Waals surface area (Å²) in [5.41, 5.74) is 0. The van der Waals surface area contributed by atoms with Gasteiger partial charge >= 0.3 is 12.0 Å². The maximum Gasteiger partial charge on any atom is 0.318 e. The summed E-state index contributed by atoms with van der Waals surface area (Å²) in [4.78, 5) is 24.9. The summed E-state index contributed by atoms with van der Waals surface area (Å²) >= 11 is 1.67. The normalized spacial score (nSPS) is 20.1. The SMILES string of the molecule is CC(NC(=O)N1CCSCC1CC(=O)O)c1nncn1C. The van der Waals surface area contributed by atoms with E-state index in [1.165, 1.54) is 0 Å². The maximum atomic E-state index is 12.4. The summed E-state index contributed by atoms with van der Waals surface area (Å²) in [6.07, 6.45) is 1.54. The van der Waals surface area contributed by atoms with Gasteiger partial charge in [-0.2, -0.15) is 11.8 Å². The van der Waals surface area contributed by atoms with Crippen LogP contribution in [-0.2, 0) is 11.8 Å². The van der Waals surface area contributed by atoms with E-state index in [0.29, 0.717) is 18.1 Å². The highest BCUT2D eigenvalue weighted by molar-refractivity contribution is 7.99. The lowest BCUT2D eigenvalue weighted by molar-refractivity contribution is -0.138. The first-order valence-electron chi connectivity index (χ1n) is 6.69. The van der Waals surface area contributed by atoms with Crippen molar-refractivity contribution in [2.24, 2.45) is 7.05 Å². The summed E-state index contributed by atoms with van der Waals surface area (Å²) in [5, 5.41) is 19.5. The molecule has 1 aliphatic rings. The van der Waals surface area contributed by atoms with Crippen LogP contribution in [0, 0.1) is 0 Å². The molecular formula is C12H19N5O3S. The third-order valence-corrected chi connectivity index (χ3v) is 4.46. The summed E-state index contributed by atoms with van der Waals surface area (Å²) < 4.78 is 1.74. The lowest BCUT2D eigenvalue weighted by atomic mass is 10.2. The van der Waals surface area contributed by atoms with Crippen molar-refractivity contribution in [3.63, 3.8) is 0 Å². The number of aromatic nitrogens is 3. The molecule has 0 bridgehead atoms. The van der Waals surface area contributed by atoms with E-state index in [1.807, 2.05) is 14.0 Å². The predicted molar refractivity (Wildman–Crippen MR) is 78.0 cm³/mol. The molecule has 2 rings (SSSR count). The van der Waals surface area contributed by atoms with Gasteiger partial charge < -0.3 is 19.9 Å².